The van der Waals surface area contributed by atoms with Gasteiger partial charge in [-0.15, -0.1) is 0 Å². The standard InChI is InChI=1S/C23H39N5O/c1-19-8-13-28(14-9-19)21-7-6-20(16-25-21)17-26-22(24-2)27-18-23(12-15-29-3)10-4-5-11-23/h6-7,16,19H,4-5,8-15,17-18H2,1-3H3,(H2,24,26,27). The maximum Gasteiger partial charge on any atom is 0.191 e. The first-order valence-corrected chi connectivity index (χ1v) is 11.3. The van der Waals surface area contributed by atoms with Crippen LogP contribution in [0.2, 0.25) is 0 Å². The largest absolute Gasteiger partial charge is 0.385 e. The molecule has 1 saturated carbocycles. The van der Waals surface area contributed by atoms with Gasteiger partial charge in [-0.25, -0.2) is 4.98 Å². The third kappa shape index (κ3) is 6.33. The predicted octanol–water partition coefficient (Wildman–Crippen LogP) is 3.58. The summed E-state index contributed by atoms with van der Waals surface area (Å²) in [5.74, 6) is 2.80. The Kier molecular flexibility index (Phi) is 8.16. The minimum absolute atomic E-state index is 0.350. The Morgan fingerprint density at radius 1 is 1.24 bits per heavy atom. The van der Waals surface area contributed by atoms with Gasteiger partial charge in [-0.2, -0.15) is 0 Å². The van der Waals surface area contributed by atoms with Crippen molar-refractivity contribution >= 4 is 11.8 Å². The second kappa shape index (κ2) is 10.8. The summed E-state index contributed by atoms with van der Waals surface area (Å²) in [6.45, 7) is 7.10. The molecule has 3 rings (SSSR count). The third-order valence-corrected chi connectivity index (χ3v) is 6.73. The molecular weight excluding hydrogens is 362 g/mol. The van der Waals surface area contributed by atoms with E-state index in [0.717, 1.165) is 56.9 Å². The Bertz CT molecular complexity index is 631. The van der Waals surface area contributed by atoms with Gasteiger partial charge in [0.05, 0.1) is 0 Å². The van der Waals surface area contributed by atoms with Crippen LogP contribution in [0.4, 0.5) is 5.82 Å². The van der Waals surface area contributed by atoms with Gasteiger partial charge in [0.15, 0.2) is 5.96 Å². The number of pyridine rings is 1. The molecule has 1 aliphatic heterocycles. The van der Waals surface area contributed by atoms with E-state index in [1.165, 1.54) is 44.1 Å². The molecule has 0 aromatic carbocycles. The topological polar surface area (TPSA) is 61.8 Å². The summed E-state index contributed by atoms with van der Waals surface area (Å²) in [6.07, 6.45) is 10.8. The van der Waals surface area contributed by atoms with Crippen LogP contribution in [0.15, 0.2) is 23.3 Å². The number of nitrogens with zero attached hydrogens (tertiary/aromatic N) is 3. The highest BCUT2D eigenvalue weighted by atomic mass is 16.5. The molecule has 1 saturated heterocycles. The molecule has 0 atom stereocenters. The van der Waals surface area contributed by atoms with Crippen LogP contribution in [0.3, 0.4) is 0 Å². The molecule has 1 aromatic heterocycles. The van der Waals surface area contributed by atoms with Crippen LogP contribution in [-0.2, 0) is 11.3 Å². The van der Waals surface area contributed by atoms with Gasteiger partial charge in [-0.1, -0.05) is 25.8 Å². The molecule has 162 valence electrons. The SMILES string of the molecule is CN=C(NCc1ccc(N2CCC(C)CC2)nc1)NCC1(CCOC)CCCC1. The number of ether oxygens (including phenoxy) is 1. The van der Waals surface area contributed by atoms with Crippen molar-refractivity contribution in [3.8, 4) is 0 Å². The maximum atomic E-state index is 5.34. The van der Waals surface area contributed by atoms with Crippen LogP contribution < -0.4 is 15.5 Å². The second-order valence-electron chi connectivity index (χ2n) is 8.92. The molecule has 2 heterocycles. The molecular formula is C23H39N5O. The lowest BCUT2D eigenvalue weighted by Gasteiger charge is -2.31. The van der Waals surface area contributed by atoms with Crippen LogP contribution in [-0.4, -0.2) is 51.3 Å². The van der Waals surface area contributed by atoms with Crippen LogP contribution in [0.1, 0.15) is 57.4 Å². The molecule has 0 spiro atoms. The lowest BCUT2D eigenvalue weighted by molar-refractivity contribution is 0.138. The molecule has 29 heavy (non-hydrogen) atoms. The van der Waals surface area contributed by atoms with E-state index in [-0.39, 0.29) is 0 Å². The summed E-state index contributed by atoms with van der Waals surface area (Å²) in [4.78, 5) is 11.5. The van der Waals surface area contributed by atoms with Gasteiger partial charge in [0.2, 0.25) is 0 Å². The minimum atomic E-state index is 0.350. The number of piperidine rings is 1. The van der Waals surface area contributed by atoms with E-state index in [2.05, 4.69) is 39.6 Å². The third-order valence-electron chi connectivity index (χ3n) is 6.73. The number of hydrogen-bond donors (Lipinski definition) is 2. The average Bonchev–Trinajstić information content (AvgIpc) is 3.22. The van der Waals surface area contributed by atoms with Crippen LogP contribution in [0.25, 0.3) is 0 Å². The van der Waals surface area contributed by atoms with E-state index in [9.17, 15) is 0 Å². The van der Waals surface area contributed by atoms with Gasteiger partial charge in [-0.05, 0) is 55.1 Å². The van der Waals surface area contributed by atoms with Gasteiger partial charge in [0.1, 0.15) is 5.82 Å². The Morgan fingerprint density at radius 2 is 2.00 bits per heavy atom. The van der Waals surface area contributed by atoms with Crippen molar-refractivity contribution in [2.24, 2.45) is 16.3 Å². The molecule has 0 unspecified atom stereocenters. The van der Waals surface area contributed by atoms with Gasteiger partial charge in [0.25, 0.3) is 0 Å². The molecule has 2 N–H and O–H groups in total. The minimum Gasteiger partial charge on any atom is -0.385 e. The van der Waals surface area contributed by atoms with E-state index in [4.69, 9.17) is 9.72 Å². The molecule has 2 aliphatic rings. The van der Waals surface area contributed by atoms with E-state index < -0.39 is 0 Å². The molecule has 6 heteroatoms. The molecule has 6 nitrogen and oxygen atoms in total. The van der Waals surface area contributed by atoms with Crippen LogP contribution in [0, 0.1) is 11.3 Å². The summed E-state index contributed by atoms with van der Waals surface area (Å²) in [5, 5.41) is 7.00. The molecule has 0 radical (unpaired) electrons. The lowest BCUT2D eigenvalue weighted by Crippen LogP contribution is -2.43. The first-order valence-electron chi connectivity index (χ1n) is 11.3. The van der Waals surface area contributed by atoms with E-state index in [1.54, 1.807) is 7.11 Å². The van der Waals surface area contributed by atoms with Crippen molar-refractivity contribution in [1.82, 2.24) is 15.6 Å². The van der Waals surface area contributed by atoms with Gasteiger partial charge in [0, 0.05) is 53.1 Å². The van der Waals surface area contributed by atoms with Crippen molar-refractivity contribution in [2.75, 3.05) is 45.3 Å². The summed E-state index contributed by atoms with van der Waals surface area (Å²) in [6, 6.07) is 4.33. The van der Waals surface area contributed by atoms with Crippen molar-refractivity contribution < 1.29 is 4.74 Å². The molecule has 0 amide bonds. The van der Waals surface area contributed by atoms with Gasteiger partial charge < -0.3 is 20.3 Å². The lowest BCUT2D eigenvalue weighted by atomic mass is 9.83. The highest BCUT2D eigenvalue weighted by Crippen LogP contribution is 2.40. The number of aliphatic imine (C=N–C) groups is 1. The number of guanidine groups is 1. The maximum absolute atomic E-state index is 5.34. The summed E-state index contributed by atoms with van der Waals surface area (Å²) in [5.41, 5.74) is 1.53. The first kappa shape index (κ1) is 21.9. The zero-order valence-corrected chi connectivity index (χ0v) is 18.5. The fraction of sp³-hybridized carbons (Fsp3) is 0.739. The number of rotatable bonds is 8. The number of methoxy groups -OCH3 is 1. The highest BCUT2D eigenvalue weighted by Gasteiger charge is 2.33. The number of nitrogens with one attached hydrogen (secondary N) is 2. The zero-order valence-electron chi connectivity index (χ0n) is 18.5. The fourth-order valence-electron chi connectivity index (χ4n) is 4.58. The summed E-state index contributed by atoms with van der Waals surface area (Å²) in [7, 11) is 3.63. The summed E-state index contributed by atoms with van der Waals surface area (Å²) >= 11 is 0. The average molecular weight is 402 g/mol. The van der Waals surface area contributed by atoms with Crippen molar-refractivity contribution in [1.29, 1.82) is 0 Å². The van der Waals surface area contributed by atoms with Crippen molar-refractivity contribution in [3.05, 3.63) is 23.9 Å². The Morgan fingerprint density at radius 3 is 2.62 bits per heavy atom. The summed E-state index contributed by atoms with van der Waals surface area (Å²) < 4.78 is 5.34. The van der Waals surface area contributed by atoms with Gasteiger partial charge in [-0.3, -0.25) is 4.99 Å². The van der Waals surface area contributed by atoms with Gasteiger partial charge >= 0.3 is 0 Å². The molecule has 1 aromatic rings. The quantitative estimate of drug-likeness (QED) is 0.515. The number of aromatic nitrogens is 1. The highest BCUT2D eigenvalue weighted by molar-refractivity contribution is 5.79. The van der Waals surface area contributed by atoms with E-state index in [0.29, 0.717) is 5.41 Å². The molecule has 2 fully saturated rings. The fourth-order valence-corrected chi connectivity index (χ4v) is 4.58. The zero-order chi connectivity index (χ0) is 20.5. The smallest absolute Gasteiger partial charge is 0.191 e. The normalized spacial score (nSPS) is 20.1. The Balaban J connectivity index is 1.46. The second-order valence-corrected chi connectivity index (χ2v) is 8.92. The van der Waals surface area contributed by atoms with E-state index >= 15 is 0 Å². The monoisotopic (exact) mass is 401 g/mol. The molecule has 1 aliphatic carbocycles. The van der Waals surface area contributed by atoms with Crippen molar-refractivity contribution in [2.45, 2.75) is 58.4 Å². The van der Waals surface area contributed by atoms with Crippen LogP contribution in [0.5, 0.6) is 0 Å². The number of hydrogen-bond acceptors (Lipinski definition) is 4. The first-order chi connectivity index (χ1) is 14.1. The van der Waals surface area contributed by atoms with E-state index in [1.807, 2.05) is 13.2 Å². The predicted molar refractivity (Wildman–Crippen MR) is 120 cm³/mol. The Labute approximate surface area is 176 Å². The molecule has 0 bridgehead atoms. The Hall–Kier alpha value is -1.82. The number of anilines is 1. The van der Waals surface area contributed by atoms with Crippen LogP contribution >= 0.6 is 0 Å². The van der Waals surface area contributed by atoms with Crippen molar-refractivity contribution in [3.63, 3.8) is 0 Å².